The monoisotopic (exact) mass is 442 g/mol. The SMILES string of the molecule is c1ccc(-n2nnnc2SCC2CCC(C3CCC(C4OCCCO4)CC3)CC2)cc1. The molecule has 1 aromatic heterocycles. The van der Waals surface area contributed by atoms with Crippen LogP contribution in [0.25, 0.3) is 5.69 Å². The molecule has 0 spiro atoms. The van der Waals surface area contributed by atoms with E-state index in [1.54, 1.807) is 0 Å². The summed E-state index contributed by atoms with van der Waals surface area (Å²) in [4.78, 5) is 0. The fourth-order valence-corrected chi connectivity index (χ4v) is 6.76. The minimum Gasteiger partial charge on any atom is -0.352 e. The Kier molecular flexibility index (Phi) is 7.22. The van der Waals surface area contributed by atoms with Crippen molar-refractivity contribution < 1.29 is 9.47 Å². The van der Waals surface area contributed by atoms with Crippen molar-refractivity contribution in [1.29, 1.82) is 0 Å². The molecule has 2 aromatic rings. The molecule has 6 nitrogen and oxygen atoms in total. The molecule has 0 radical (unpaired) electrons. The lowest BCUT2D eigenvalue weighted by Gasteiger charge is -2.40. The van der Waals surface area contributed by atoms with Gasteiger partial charge in [-0.15, -0.1) is 5.10 Å². The van der Waals surface area contributed by atoms with Gasteiger partial charge in [-0.1, -0.05) is 30.0 Å². The number of ether oxygens (including phenoxy) is 2. The molecule has 5 rings (SSSR count). The van der Waals surface area contributed by atoms with Crippen LogP contribution in [-0.2, 0) is 9.47 Å². The van der Waals surface area contributed by atoms with Gasteiger partial charge < -0.3 is 9.47 Å². The number of hydrogen-bond donors (Lipinski definition) is 0. The molecule has 0 N–H and O–H groups in total. The third-order valence-corrected chi connectivity index (χ3v) is 8.65. The molecule has 0 amide bonds. The van der Waals surface area contributed by atoms with Gasteiger partial charge in [0, 0.05) is 11.7 Å². The Morgan fingerprint density at radius 3 is 2.19 bits per heavy atom. The van der Waals surface area contributed by atoms with Gasteiger partial charge in [-0.25, -0.2) is 0 Å². The average molecular weight is 443 g/mol. The molecule has 7 heteroatoms. The van der Waals surface area contributed by atoms with Crippen molar-refractivity contribution >= 4 is 11.8 Å². The van der Waals surface area contributed by atoms with Crippen LogP contribution < -0.4 is 0 Å². The van der Waals surface area contributed by atoms with E-state index < -0.39 is 0 Å². The van der Waals surface area contributed by atoms with Crippen LogP contribution in [0.2, 0.25) is 0 Å². The Balaban J connectivity index is 1.05. The molecule has 3 fully saturated rings. The minimum atomic E-state index is 0.0786. The van der Waals surface area contributed by atoms with Crippen molar-refractivity contribution in [2.75, 3.05) is 19.0 Å². The molecule has 2 aliphatic carbocycles. The second kappa shape index (κ2) is 10.5. The molecule has 0 bridgehead atoms. The maximum atomic E-state index is 5.87. The zero-order valence-electron chi connectivity index (χ0n) is 18.3. The average Bonchev–Trinajstić information content (AvgIpc) is 3.33. The molecule has 1 aromatic carbocycles. The van der Waals surface area contributed by atoms with E-state index in [0.29, 0.717) is 5.92 Å². The number of benzene rings is 1. The summed E-state index contributed by atoms with van der Waals surface area (Å²) in [6.07, 6.45) is 11.9. The fraction of sp³-hybridized carbons (Fsp3) is 0.708. The lowest BCUT2D eigenvalue weighted by Crippen LogP contribution is -2.36. The van der Waals surface area contributed by atoms with Crippen molar-refractivity contribution in [3.8, 4) is 5.69 Å². The molecule has 0 atom stereocenters. The van der Waals surface area contributed by atoms with Crippen molar-refractivity contribution in [2.24, 2.45) is 23.7 Å². The number of thioether (sulfide) groups is 1. The molecule has 31 heavy (non-hydrogen) atoms. The summed E-state index contributed by atoms with van der Waals surface area (Å²) in [7, 11) is 0. The smallest absolute Gasteiger partial charge is 0.214 e. The van der Waals surface area contributed by atoms with E-state index >= 15 is 0 Å². The van der Waals surface area contributed by atoms with Gasteiger partial charge in [-0.2, -0.15) is 4.68 Å². The van der Waals surface area contributed by atoms with Crippen molar-refractivity contribution in [3.05, 3.63) is 30.3 Å². The van der Waals surface area contributed by atoms with E-state index in [0.717, 1.165) is 54.0 Å². The number of nitrogens with zero attached hydrogens (tertiary/aromatic N) is 4. The zero-order chi connectivity index (χ0) is 20.9. The molecule has 2 saturated carbocycles. The number of aromatic nitrogens is 4. The third-order valence-electron chi connectivity index (χ3n) is 7.50. The second-order valence-corrected chi connectivity index (χ2v) is 10.4. The first-order chi connectivity index (χ1) is 15.4. The van der Waals surface area contributed by atoms with Gasteiger partial charge in [-0.3, -0.25) is 0 Å². The standard InChI is InChI=1S/C24H34N4O2S/c1-2-5-22(6-3-1)28-24(25-26-27-28)31-17-18-7-9-19(10-8-18)20-11-13-21(14-12-20)23-29-15-4-16-30-23/h1-3,5-6,18-21,23H,4,7-17H2. The van der Waals surface area contributed by atoms with Gasteiger partial charge >= 0.3 is 0 Å². The largest absolute Gasteiger partial charge is 0.352 e. The van der Waals surface area contributed by atoms with Gasteiger partial charge in [0.25, 0.3) is 0 Å². The number of hydrogen-bond acceptors (Lipinski definition) is 6. The van der Waals surface area contributed by atoms with Gasteiger partial charge in [0.15, 0.2) is 6.29 Å². The van der Waals surface area contributed by atoms with Crippen LogP contribution in [0.15, 0.2) is 35.5 Å². The van der Waals surface area contributed by atoms with Crippen molar-refractivity contribution in [1.82, 2.24) is 20.2 Å². The van der Waals surface area contributed by atoms with Gasteiger partial charge in [0.05, 0.1) is 18.9 Å². The Morgan fingerprint density at radius 1 is 0.839 bits per heavy atom. The van der Waals surface area contributed by atoms with E-state index in [9.17, 15) is 0 Å². The van der Waals surface area contributed by atoms with Gasteiger partial charge in [0.1, 0.15) is 0 Å². The van der Waals surface area contributed by atoms with Crippen LogP contribution in [0.5, 0.6) is 0 Å². The summed E-state index contributed by atoms with van der Waals surface area (Å²) in [5, 5.41) is 13.2. The summed E-state index contributed by atoms with van der Waals surface area (Å²) in [5.74, 6) is 4.36. The molecule has 2 heterocycles. The highest BCUT2D eigenvalue weighted by Gasteiger charge is 2.34. The summed E-state index contributed by atoms with van der Waals surface area (Å²) in [6, 6.07) is 10.2. The van der Waals surface area contributed by atoms with Crippen LogP contribution in [-0.4, -0.2) is 45.5 Å². The van der Waals surface area contributed by atoms with Gasteiger partial charge in [-0.05, 0) is 98.1 Å². The lowest BCUT2D eigenvalue weighted by atomic mass is 9.69. The maximum absolute atomic E-state index is 5.87. The third kappa shape index (κ3) is 5.32. The Morgan fingerprint density at radius 2 is 1.48 bits per heavy atom. The number of para-hydroxylation sites is 1. The van der Waals surface area contributed by atoms with E-state index in [1.165, 1.54) is 51.4 Å². The fourth-order valence-electron chi connectivity index (χ4n) is 5.69. The predicted molar refractivity (Wildman–Crippen MR) is 121 cm³/mol. The highest BCUT2D eigenvalue weighted by Crippen LogP contribution is 2.43. The predicted octanol–water partition coefficient (Wildman–Crippen LogP) is 5.13. The van der Waals surface area contributed by atoms with Crippen molar-refractivity contribution in [3.63, 3.8) is 0 Å². The van der Waals surface area contributed by atoms with Crippen LogP contribution in [0.1, 0.15) is 57.8 Å². The summed E-state index contributed by atoms with van der Waals surface area (Å²) in [5.41, 5.74) is 1.03. The van der Waals surface area contributed by atoms with Crippen LogP contribution in [0.4, 0.5) is 0 Å². The highest BCUT2D eigenvalue weighted by molar-refractivity contribution is 7.99. The first kappa shape index (κ1) is 21.4. The normalized spacial score (nSPS) is 30.3. The summed E-state index contributed by atoms with van der Waals surface area (Å²) >= 11 is 1.81. The van der Waals surface area contributed by atoms with E-state index in [2.05, 4.69) is 15.5 Å². The molecule has 168 valence electrons. The van der Waals surface area contributed by atoms with Crippen molar-refractivity contribution in [2.45, 2.75) is 69.2 Å². The number of tetrazole rings is 1. The maximum Gasteiger partial charge on any atom is 0.214 e. The van der Waals surface area contributed by atoms with Crippen LogP contribution >= 0.6 is 11.8 Å². The Hall–Kier alpha value is -1.44. The molecular formula is C24H34N4O2S. The molecule has 1 aliphatic heterocycles. The van der Waals surface area contributed by atoms with E-state index in [4.69, 9.17) is 9.47 Å². The Bertz CT molecular complexity index is 795. The van der Waals surface area contributed by atoms with E-state index in [-0.39, 0.29) is 6.29 Å². The highest BCUT2D eigenvalue weighted by atomic mass is 32.2. The molecule has 1 saturated heterocycles. The lowest BCUT2D eigenvalue weighted by molar-refractivity contribution is -0.211. The first-order valence-corrected chi connectivity index (χ1v) is 13.0. The Labute approximate surface area is 189 Å². The quantitative estimate of drug-likeness (QED) is 0.578. The second-order valence-electron chi connectivity index (χ2n) is 9.44. The first-order valence-electron chi connectivity index (χ1n) is 12.1. The summed E-state index contributed by atoms with van der Waals surface area (Å²) in [6.45, 7) is 1.76. The molecular weight excluding hydrogens is 408 g/mol. The van der Waals surface area contributed by atoms with Gasteiger partial charge in [0.2, 0.25) is 5.16 Å². The molecule has 0 unspecified atom stereocenters. The van der Waals surface area contributed by atoms with Crippen LogP contribution in [0, 0.1) is 23.7 Å². The zero-order valence-corrected chi connectivity index (χ0v) is 19.1. The minimum absolute atomic E-state index is 0.0786. The molecule has 3 aliphatic rings. The summed E-state index contributed by atoms with van der Waals surface area (Å²) < 4.78 is 13.6. The topological polar surface area (TPSA) is 62.1 Å². The van der Waals surface area contributed by atoms with Crippen LogP contribution in [0.3, 0.4) is 0 Å². The van der Waals surface area contributed by atoms with E-state index in [1.807, 2.05) is 46.8 Å². The number of rotatable bonds is 6.